The molecule has 0 aromatic heterocycles. The van der Waals surface area contributed by atoms with E-state index in [-0.39, 0.29) is 12.4 Å². The van der Waals surface area contributed by atoms with Gasteiger partial charge in [-0.25, -0.2) is 0 Å². The Morgan fingerprint density at radius 2 is 1.66 bits per heavy atom. The number of hydrogen-bond donors (Lipinski definition) is 0. The van der Waals surface area contributed by atoms with Gasteiger partial charge < -0.3 is 4.90 Å². The molecule has 0 saturated carbocycles. The number of anilines is 1. The standard InChI is InChI=1S/C23H29F3N2.ClH/c1-3-5-20-16-19(9-8-18(20)2)10-11-27-12-14-28(15-13-27)22-7-4-6-21(17-22)23(24,25)26;/h4,6-9,16-17H,3,5,10-15H2,1-2H3;1H. The van der Waals surface area contributed by atoms with Gasteiger partial charge in [0.05, 0.1) is 5.56 Å². The molecule has 6 heteroatoms. The molecule has 0 amide bonds. The monoisotopic (exact) mass is 426 g/mol. The maximum atomic E-state index is 12.9. The molecule has 160 valence electrons. The second-order valence-electron chi connectivity index (χ2n) is 7.64. The summed E-state index contributed by atoms with van der Waals surface area (Å²) in [5.41, 5.74) is 4.26. The van der Waals surface area contributed by atoms with Gasteiger partial charge in [0, 0.05) is 38.4 Å². The molecule has 1 fully saturated rings. The van der Waals surface area contributed by atoms with Crippen molar-refractivity contribution in [1.29, 1.82) is 0 Å². The van der Waals surface area contributed by atoms with Crippen molar-refractivity contribution in [3.63, 3.8) is 0 Å². The van der Waals surface area contributed by atoms with Crippen LogP contribution in [0.5, 0.6) is 0 Å². The normalized spacial score (nSPS) is 15.3. The van der Waals surface area contributed by atoms with E-state index in [9.17, 15) is 13.2 Å². The minimum atomic E-state index is -4.29. The number of aryl methyl sites for hydroxylation is 2. The van der Waals surface area contributed by atoms with Gasteiger partial charge in [-0.3, -0.25) is 4.90 Å². The molecule has 0 radical (unpaired) electrons. The van der Waals surface area contributed by atoms with Gasteiger partial charge in [-0.05, 0) is 54.7 Å². The second-order valence-corrected chi connectivity index (χ2v) is 7.64. The fraction of sp³-hybridized carbons (Fsp3) is 0.478. The van der Waals surface area contributed by atoms with Crippen LogP contribution in [0.1, 0.15) is 35.6 Å². The Morgan fingerprint density at radius 1 is 0.931 bits per heavy atom. The van der Waals surface area contributed by atoms with Crippen molar-refractivity contribution < 1.29 is 13.2 Å². The molecule has 1 saturated heterocycles. The molecule has 0 atom stereocenters. The third kappa shape index (κ3) is 6.38. The highest BCUT2D eigenvalue weighted by molar-refractivity contribution is 5.85. The van der Waals surface area contributed by atoms with Crippen LogP contribution in [-0.4, -0.2) is 37.6 Å². The maximum absolute atomic E-state index is 12.9. The Balaban J connectivity index is 0.00000300. The van der Waals surface area contributed by atoms with Crippen LogP contribution in [0.2, 0.25) is 0 Å². The van der Waals surface area contributed by atoms with E-state index >= 15 is 0 Å². The molecule has 2 aromatic carbocycles. The van der Waals surface area contributed by atoms with Gasteiger partial charge in [-0.15, -0.1) is 12.4 Å². The van der Waals surface area contributed by atoms with Crippen LogP contribution in [-0.2, 0) is 19.0 Å². The highest BCUT2D eigenvalue weighted by atomic mass is 35.5. The lowest BCUT2D eigenvalue weighted by atomic mass is 9.99. The molecule has 3 rings (SSSR count). The van der Waals surface area contributed by atoms with Crippen molar-refractivity contribution in [2.45, 2.75) is 39.3 Å². The lowest BCUT2D eigenvalue weighted by molar-refractivity contribution is -0.137. The molecule has 0 bridgehead atoms. The van der Waals surface area contributed by atoms with Crippen LogP contribution in [0.4, 0.5) is 18.9 Å². The van der Waals surface area contributed by atoms with E-state index in [0.717, 1.165) is 58.1 Å². The average molecular weight is 427 g/mol. The molecule has 0 unspecified atom stereocenters. The number of piperazine rings is 1. The van der Waals surface area contributed by atoms with Crippen LogP contribution >= 0.6 is 12.4 Å². The molecule has 0 aliphatic carbocycles. The molecule has 1 aliphatic heterocycles. The summed E-state index contributed by atoms with van der Waals surface area (Å²) in [6.45, 7) is 8.64. The Labute approximate surface area is 178 Å². The maximum Gasteiger partial charge on any atom is 0.416 e. The molecule has 0 N–H and O–H groups in total. The summed E-state index contributed by atoms with van der Waals surface area (Å²) < 4.78 is 38.8. The lowest BCUT2D eigenvalue weighted by Gasteiger charge is -2.36. The van der Waals surface area contributed by atoms with E-state index in [4.69, 9.17) is 0 Å². The molecule has 2 aromatic rings. The third-order valence-electron chi connectivity index (χ3n) is 5.56. The quantitative estimate of drug-likeness (QED) is 0.580. The number of benzene rings is 2. The highest BCUT2D eigenvalue weighted by Gasteiger charge is 2.31. The molecule has 0 spiro atoms. The number of rotatable bonds is 6. The zero-order valence-electron chi connectivity index (χ0n) is 17.1. The van der Waals surface area contributed by atoms with Crippen molar-refractivity contribution in [2.24, 2.45) is 0 Å². The summed E-state index contributed by atoms with van der Waals surface area (Å²) in [6, 6.07) is 12.4. The molecule has 1 heterocycles. The van der Waals surface area contributed by atoms with Gasteiger partial charge in [0.15, 0.2) is 0 Å². The summed E-state index contributed by atoms with van der Waals surface area (Å²) in [7, 11) is 0. The van der Waals surface area contributed by atoms with Gasteiger partial charge in [-0.2, -0.15) is 13.2 Å². The molecule has 29 heavy (non-hydrogen) atoms. The van der Waals surface area contributed by atoms with E-state index in [1.807, 2.05) is 0 Å². The van der Waals surface area contributed by atoms with Crippen LogP contribution in [0.3, 0.4) is 0 Å². The third-order valence-corrected chi connectivity index (χ3v) is 5.56. The first-order valence-corrected chi connectivity index (χ1v) is 10.1. The zero-order valence-corrected chi connectivity index (χ0v) is 18.0. The minimum Gasteiger partial charge on any atom is -0.369 e. The molecule has 1 aliphatic rings. The summed E-state index contributed by atoms with van der Waals surface area (Å²) in [6.07, 6.45) is -1.000. The summed E-state index contributed by atoms with van der Waals surface area (Å²) >= 11 is 0. The van der Waals surface area contributed by atoms with Crippen molar-refractivity contribution >= 4 is 18.1 Å². The Bertz CT molecular complexity index is 784. The van der Waals surface area contributed by atoms with Crippen LogP contribution in [0.15, 0.2) is 42.5 Å². The van der Waals surface area contributed by atoms with Gasteiger partial charge in [0.1, 0.15) is 0 Å². The predicted octanol–water partition coefficient (Wildman–Crippen LogP) is 5.75. The largest absolute Gasteiger partial charge is 0.416 e. The van der Waals surface area contributed by atoms with E-state index in [2.05, 4.69) is 41.8 Å². The number of alkyl halides is 3. The van der Waals surface area contributed by atoms with E-state index in [1.54, 1.807) is 6.07 Å². The summed E-state index contributed by atoms with van der Waals surface area (Å²) in [5.74, 6) is 0. The van der Waals surface area contributed by atoms with E-state index in [0.29, 0.717) is 5.69 Å². The zero-order chi connectivity index (χ0) is 20.1. The van der Waals surface area contributed by atoms with Crippen LogP contribution in [0.25, 0.3) is 0 Å². The average Bonchev–Trinajstić information content (AvgIpc) is 2.69. The van der Waals surface area contributed by atoms with Crippen molar-refractivity contribution in [1.82, 2.24) is 4.90 Å². The summed E-state index contributed by atoms with van der Waals surface area (Å²) in [5, 5.41) is 0. The van der Waals surface area contributed by atoms with Gasteiger partial charge in [0.25, 0.3) is 0 Å². The van der Waals surface area contributed by atoms with Crippen molar-refractivity contribution in [2.75, 3.05) is 37.6 Å². The van der Waals surface area contributed by atoms with Crippen LogP contribution in [0, 0.1) is 6.92 Å². The first-order valence-electron chi connectivity index (χ1n) is 10.1. The van der Waals surface area contributed by atoms with Crippen molar-refractivity contribution in [3.8, 4) is 0 Å². The number of halogens is 4. The lowest BCUT2D eigenvalue weighted by Crippen LogP contribution is -2.47. The highest BCUT2D eigenvalue weighted by Crippen LogP contribution is 2.31. The van der Waals surface area contributed by atoms with Gasteiger partial charge in [-0.1, -0.05) is 37.6 Å². The van der Waals surface area contributed by atoms with Gasteiger partial charge in [0.2, 0.25) is 0 Å². The topological polar surface area (TPSA) is 6.48 Å². The molecular formula is C23H30ClF3N2. The Morgan fingerprint density at radius 3 is 2.31 bits per heavy atom. The fourth-order valence-corrected chi connectivity index (χ4v) is 3.81. The fourth-order valence-electron chi connectivity index (χ4n) is 3.81. The van der Waals surface area contributed by atoms with E-state index < -0.39 is 11.7 Å². The summed E-state index contributed by atoms with van der Waals surface area (Å²) in [4.78, 5) is 4.46. The Kier molecular flexibility index (Phi) is 8.41. The smallest absolute Gasteiger partial charge is 0.369 e. The SMILES string of the molecule is CCCc1cc(CCN2CCN(c3cccc(C(F)(F)F)c3)CC2)ccc1C.Cl. The van der Waals surface area contributed by atoms with Crippen molar-refractivity contribution in [3.05, 3.63) is 64.7 Å². The number of nitrogens with zero attached hydrogens (tertiary/aromatic N) is 2. The second kappa shape index (κ2) is 10.4. The van der Waals surface area contributed by atoms with Gasteiger partial charge >= 0.3 is 6.18 Å². The first kappa shape index (κ1) is 23.6. The predicted molar refractivity (Wildman–Crippen MR) is 116 cm³/mol. The molecule has 2 nitrogen and oxygen atoms in total. The molecular weight excluding hydrogens is 397 g/mol. The van der Waals surface area contributed by atoms with Crippen LogP contribution < -0.4 is 4.90 Å². The van der Waals surface area contributed by atoms with E-state index in [1.165, 1.54) is 28.8 Å². The first-order chi connectivity index (χ1) is 13.4. The minimum absolute atomic E-state index is 0. The number of hydrogen-bond acceptors (Lipinski definition) is 2. The Hall–Kier alpha value is -1.72.